The van der Waals surface area contributed by atoms with Gasteiger partial charge in [0.15, 0.2) is 0 Å². The minimum Gasteiger partial charge on any atom is -0.481 e. The lowest BCUT2D eigenvalue weighted by Gasteiger charge is -2.31. The van der Waals surface area contributed by atoms with E-state index in [2.05, 4.69) is 34.9 Å². The zero-order chi connectivity index (χ0) is 24.8. The Hall–Kier alpha value is -3.35. The van der Waals surface area contributed by atoms with Crippen LogP contribution in [0.4, 0.5) is 4.79 Å². The highest BCUT2D eigenvalue weighted by atomic mass is 16.5. The van der Waals surface area contributed by atoms with Crippen LogP contribution in [0, 0.1) is 11.8 Å². The molecule has 2 aliphatic rings. The first-order valence-corrected chi connectivity index (χ1v) is 12.5. The fourth-order valence-corrected chi connectivity index (χ4v) is 5.38. The molecule has 0 bridgehead atoms. The predicted octanol–water partition coefficient (Wildman–Crippen LogP) is 4.70. The Kier molecular flexibility index (Phi) is 8.06. The van der Waals surface area contributed by atoms with Crippen molar-refractivity contribution >= 4 is 18.0 Å². The molecule has 7 heteroatoms. The van der Waals surface area contributed by atoms with Crippen LogP contribution >= 0.6 is 0 Å². The Balaban J connectivity index is 1.31. The van der Waals surface area contributed by atoms with Crippen molar-refractivity contribution in [3.63, 3.8) is 0 Å². The summed E-state index contributed by atoms with van der Waals surface area (Å²) in [5.74, 6) is -1.24. The summed E-state index contributed by atoms with van der Waals surface area (Å²) in [5, 5.41) is 14.8. The molecule has 2 aromatic carbocycles. The van der Waals surface area contributed by atoms with Gasteiger partial charge in [-0.1, -0.05) is 68.3 Å². The standard InChI is InChI=1S/C28H34N2O5/c1-18(16-26(31)32)14-15-29-27(33)23-12-6-7-13-25(23)30-28(34)35-17-24-21-10-4-2-8-19(21)20-9-3-5-11-22(20)24/h2-5,8-11,18,23-25H,6-7,12-17H2,1H3,(H,29,33)(H,30,34)(H,31,32)/t18?,23-,25+/m0/s1. The van der Waals surface area contributed by atoms with Crippen LogP contribution in [-0.2, 0) is 14.3 Å². The molecule has 1 saturated carbocycles. The van der Waals surface area contributed by atoms with E-state index in [1.165, 1.54) is 11.1 Å². The summed E-state index contributed by atoms with van der Waals surface area (Å²) in [6.07, 6.45) is 3.54. The lowest BCUT2D eigenvalue weighted by Crippen LogP contribution is -2.48. The second-order valence-corrected chi connectivity index (χ2v) is 9.75. The van der Waals surface area contributed by atoms with Crippen molar-refractivity contribution in [1.29, 1.82) is 0 Å². The number of fused-ring (bicyclic) bond motifs is 3. The van der Waals surface area contributed by atoms with Gasteiger partial charge in [-0.25, -0.2) is 4.79 Å². The minimum absolute atomic E-state index is 0.00564. The van der Waals surface area contributed by atoms with Crippen LogP contribution in [0.15, 0.2) is 48.5 Å². The SMILES string of the molecule is CC(CCNC(=O)[C@H]1CCCC[C@H]1NC(=O)OCC1c2ccccc2-c2ccccc21)CC(=O)O. The molecular formula is C28H34N2O5. The maximum absolute atomic E-state index is 12.8. The zero-order valence-corrected chi connectivity index (χ0v) is 20.2. The average molecular weight is 479 g/mol. The number of carbonyl (C=O) groups is 3. The molecule has 35 heavy (non-hydrogen) atoms. The van der Waals surface area contributed by atoms with E-state index in [-0.39, 0.29) is 42.7 Å². The van der Waals surface area contributed by atoms with Gasteiger partial charge in [0.25, 0.3) is 0 Å². The number of benzene rings is 2. The topological polar surface area (TPSA) is 105 Å². The van der Waals surface area contributed by atoms with Gasteiger partial charge in [0, 0.05) is 24.9 Å². The number of carbonyl (C=O) groups excluding carboxylic acids is 2. The van der Waals surface area contributed by atoms with Gasteiger partial charge in [-0.05, 0) is 47.4 Å². The Morgan fingerprint density at radius 3 is 2.29 bits per heavy atom. The fraction of sp³-hybridized carbons (Fsp3) is 0.464. The van der Waals surface area contributed by atoms with Crippen LogP contribution in [0.1, 0.15) is 62.5 Å². The molecule has 0 saturated heterocycles. The number of ether oxygens (including phenoxy) is 1. The van der Waals surface area contributed by atoms with Crippen LogP contribution in [-0.4, -0.2) is 42.3 Å². The summed E-state index contributed by atoms with van der Waals surface area (Å²) in [4.78, 5) is 36.4. The molecule has 4 rings (SSSR count). The summed E-state index contributed by atoms with van der Waals surface area (Å²) in [6.45, 7) is 2.54. The van der Waals surface area contributed by atoms with E-state index in [1.807, 2.05) is 31.2 Å². The van der Waals surface area contributed by atoms with E-state index < -0.39 is 12.1 Å². The van der Waals surface area contributed by atoms with Crippen molar-refractivity contribution in [3.05, 3.63) is 59.7 Å². The maximum atomic E-state index is 12.8. The third-order valence-electron chi connectivity index (χ3n) is 7.21. The number of rotatable bonds is 9. The van der Waals surface area contributed by atoms with Gasteiger partial charge in [-0.15, -0.1) is 0 Å². The number of hydrogen-bond donors (Lipinski definition) is 3. The van der Waals surface area contributed by atoms with Crippen molar-refractivity contribution in [2.45, 2.75) is 57.4 Å². The van der Waals surface area contributed by atoms with Crippen LogP contribution in [0.5, 0.6) is 0 Å². The van der Waals surface area contributed by atoms with E-state index >= 15 is 0 Å². The molecule has 0 spiro atoms. The summed E-state index contributed by atoms with van der Waals surface area (Å²) in [6, 6.07) is 16.1. The van der Waals surface area contributed by atoms with E-state index in [0.717, 1.165) is 30.4 Å². The second-order valence-electron chi connectivity index (χ2n) is 9.75. The molecule has 3 N–H and O–H groups in total. The van der Waals surface area contributed by atoms with Crippen LogP contribution in [0.3, 0.4) is 0 Å². The van der Waals surface area contributed by atoms with Crippen LogP contribution in [0.25, 0.3) is 11.1 Å². The highest BCUT2D eigenvalue weighted by Gasteiger charge is 2.33. The molecule has 2 aliphatic carbocycles. The molecule has 7 nitrogen and oxygen atoms in total. The number of nitrogens with one attached hydrogen (secondary N) is 2. The van der Waals surface area contributed by atoms with E-state index in [1.54, 1.807) is 0 Å². The quantitative estimate of drug-likeness (QED) is 0.485. The largest absolute Gasteiger partial charge is 0.481 e. The van der Waals surface area contributed by atoms with Crippen molar-refractivity contribution < 1.29 is 24.2 Å². The van der Waals surface area contributed by atoms with Crippen molar-refractivity contribution in [2.24, 2.45) is 11.8 Å². The number of carboxylic acids is 1. The maximum Gasteiger partial charge on any atom is 0.407 e. The van der Waals surface area contributed by atoms with Gasteiger partial charge < -0.3 is 20.5 Å². The number of hydrogen-bond acceptors (Lipinski definition) is 4. The molecule has 0 radical (unpaired) electrons. The van der Waals surface area contributed by atoms with Crippen molar-refractivity contribution in [2.75, 3.05) is 13.2 Å². The number of aliphatic carboxylic acids is 1. The van der Waals surface area contributed by atoms with Gasteiger partial charge in [-0.3, -0.25) is 9.59 Å². The number of carboxylic acid groups (broad SMARTS) is 1. The van der Waals surface area contributed by atoms with E-state index in [0.29, 0.717) is 19.4 Å². The molecule has 2 aromatic rings. The molecule has 0 aliphatic heterocycles. The van der Waals surface area contributed by atoms with Gasteiger partial charge in [-0.2, -0.15) is 0 Å². The first-order chi connectivity index (χ1) is 16.9. The molecule has 186 valence electrons. The molecule has 2 amide bonds. The summed E-state index contributed by atoms with van der Waals surface area (Å²) < 4.78 is 5.68. The molecular weight excluding hydrogens is 444 g/mol. The number of alkyl carbamates (subject to hydrolysis) is 1. The van der Waals surface area contributed by atoms with E-state index in [4.69, 9.17) is 9.84 Å². The smallest absolute Gasteiger partial charge is 0.407 e. The van der Waals surface area contributed by atoms with Crippen molar-refractivity contribution in [1.82, 2.24) is 10.6 Å². The Morgan fingerprint density at radius 2 is 1.63 bits per heavy atom. The third kappa shape index (κ3) is 6.02. The lowest BCUT2D eigenvalue weighted by atomic mass is 9.84. The zero-order valence-electron chi connectivity index (χ0n) is 20.2. The molecule has 0 aromatic heterocycles. The summed E-state index contributed by atoms with van der Waals surface area (Å²) in [7, 11) is 0. The van der Waals surface area contributed by atoms with Gasteiger partial charge >= 0.3 is 12.1 Å². The van der Waals surface area contributed by atoms with Crippen LogP contribution < -0.4 is 10.6 Å². The Morgan fingerprint density at radius 1 is 1.00 bits per heavy atom. The lowest BCUT2D eigenvalue weighted by molar-refractivity contribution is -0.138. The van der Waals surface area contributed by atoms with Gasteiger partial charge in [0.05, 0.1) is 5.92 Å². The Bertz CT molecular complexity index is 1020. The van der Waals surface area contributed by atoms with Gasteiger partial charge in [0.1, 0.15) is 6.61 Å². The highest BCUT2D eigenvalue weighted by molar-refractivity contribution is 5.81. The molecule has 1 unspecified atom stereocenters. The molecule has 3 atom stereocenters. The Labute approximate surface area is 206 Å². The highest BCUT2D eigenvalue weighted by Crippen LogP contribution is 2.44. The van der Waals surface area contributed by atoms with Crippen LogP contribution in [0.2, 0.25) is 0 Å². The minimum atomic E-state index is -0.830. The van der Waals surface area contributed by atoms with E-state index in [9.17, 15) is 14.4 Å². The number of amides is 2. The van der Waals surface area contributed by atoms with Gasteiger partial charge in [0.2, 0.25) is 5.91 Å². The fourth-order valence-electron chi connectivity index (χ4n) is 5.38. The first-order valence-electron chi connectivity index (χ1n) is 12.5. The molecule has 0 heterocycles. The molecule has 1 fully saturated rings. The first kappa shape index (κ1) is 24.8. The normalized spacial score (nSPS) is 19.8. The average Bonchev–Trinajstić information content (AvgIpc) is 3.16. The second kappa shape index (κ2) is 11.4. The summed E-state index contributed by atoms with van der Waals surface area (Å²) >= 11 is 0. The third-order valence-corrected chi connectivity index (χ3v) is 7.21. The predicted molar refractivity (Wildman–Crippen MR) is 133 cm³/mol. The van der Waals surface area contributed by atoms with Crippen molar-refractivity contribution in [3.8, 4) is 11.1 Å². The summed E-state index contributed by atoms with van der Waals surface area (Å²) in [5.41, 5.74) is 4.68. The monoisotopic (exact) mass is 478 g/mol.